The summed E-state index contributed by atoms with van der Waals surface area (Å²) in [6.45, 7) is -0.0678. The highest BCUT2D eigenvalue weighted by Gasteiger charge is 2.26. The fraction of sp³-hybridized carbons (Fsp3) is 0.333. The molecule has 19 heavy (non-hydrogen) atoms. The Bertz CT molecular complexity index is 491. The Morgan fingerprint density at radius 3 is 2.95 bits per heavy atom. The predicted molar refractivity (Wildman–Crippen MR) is 66.0 cm³/mol. The molecule has 1 aromatic rings. The van der Waals surface area contributed by atoms with Gasteiger partial charge < -0.3 is 25.6 Å². The van der Waals surface area contributed by atoms with Crippen molar-refractivity contribution in [3.05, 3.63) is 24.3 Å². The van der Waals surface area contributed by atoms with Crippen molar-refractivity contribution in [3.8, 4) is 5.75 Å². The fourth-order valence-corrected chi connectivity index (χ4v) is 1.66. The van der Waals surface area contributed by atoms with E-state index in [-0.39, 0.29) is 13.1 Å². The predicted octanol–water partition coefficient (Wildman–Crippen LogP) is -0.579. The van der Waals surface area contributed by atoms with E-state index in [1.807, 2.05) is 12.1 Å². The average Bonchev–Trinajstić information content (AvgIpc) is 2.43. The number of aliphatic carboxylic acids is 1. The van der Waals surface area contributed by atoms with Gasteiger partial charge in [0.2, 0.25) is 0 Å². The molecule has 0 saturated carbocycles. The molecule has 1 unspecified atom stereocenters. The Hall–Kier alpha value is -2.28. The Kier molecular flexibility index (Phi) is 3.86. The number of aliphatic hydroxyl groups is 1. The van der Waals surface area contributed by atoms with Crippen LogP contribution in [-0.2, 0) is 9.59 Å². The first-order valence-electron chi connectivity index (χ1n) is 5.76. The van der Waals surface area contributed by atoms with Gasteiger partial charge in [0.25, 0.3) is 5.91 Å². The van der Waals surface area contributed by atoms with Crippen LogP contribution in [0.5, 0.6) is 5.75 Å². The summed E-state index contributed by atoms with van der Waals surface area (Å²) in [7, 11) is 0. The standard InChI is InChI=1S/C12H14N2O5/c15-8(12(17)18)5-14-11(16)10-6-13-7-3-1-2-4-9(7)19-10/h1-4,8,10,13,15H,5-6H2,(H,14,16)(H,17,18)/t8-,10?/m0/s1. The Balaban J connectivity index is 1.90. The molecule has 0 aromatic heterocycles. The molecule has 7 heteroatoms. The number of hydrogen-bond donors (Lipinski definition) is 4. The summed E-state index contributed by atoms with van der Waals surface area (Å²) in [6.07, 6.45) is -2.37. The minimum absolute atomic E-state index is 0.284. The first-order chi connectivity index (χ1) is 9.08. The van der Waals surface area contributed by atoms with Gasteiger partial charge in [0.1, 0.15) is 5.75 Å². The van der Waals surface area contributed by atoms with Crippen LogP contribution in [-0.4, -0.2) is 47.4 Å². The SMILES string of the molecule is O=C(NC[C@H](O)C(=O)O)C1CNc2ccccc2O1. The molecule has 0 fully saturated rings. The van der Waals surface area contributed by atoms with Crippen LogP contribution in [0.25, 0.3) is 0 Å². The van der Waals surface area contributed by atoms with Crippen LogP contribution in [0.1, 0.15) is 0 Å². The molecule has 2 atom stereocenters. The van der Waals surface area contributed by atoms with Gasteiger partial charge in [0.15, 0.2) is 12.2 Å². The largest absolute Gasteiger partial charge is 0.479 e. The third-order valence-electron chi connectivity index (χ3n) is 2.68. The van der Waals surface area contributed by atoms with Crippen LogP contribution < -0.4 is 15.4 Å². The molecule has 1 amide bonds. The number of nitrogens with one attached hydrogen (secondary N) is 2. The molecular weight excluding hydrogens is 252 g/mol. The van der Waals surface area contributed by atoms with Crippen LogP contribution in [0.2, 0.25) is 0 Å². The van der Waals surface area contributed by atoms with E-state index in [0.29, 0.717) is 5.75 Å². The number of para-hydroxylation sites is 2. The number of rotatable bonds is 4. The van der Waals surface area contributed by atoms with Crippen LogP contribution in [0.15, 0.2) is 24.3 Å². The van der Waals surface area contributed by atoms with Gasteiger partial charge in [-0.05, 0) is 12.1 Å². The second kappa shape index (κ2) is 5.57. The Labute approximate surface area is 109 Å². The first kappa shape index (κ1) is 13.2. The minimum Gasteiger partial charge on any atom is -0.479 e. The van der Waals surface area contributed by atoms with Crippen LogP contribution in [0, 0.1) is 0 Å². The molecule has 1 aliphatic heterocycles. The number of carboxylic acid groups (broad SMARTS) is 1. The molecule has 2 rings (SSSR count). The Morgan fingerprint density at radius 1 is 1.47 bits per heavy atom. The molecule has 0 bridgehead atoms. The summed E-state index contributed by atoms with van der Waals surface area (Å²) >= 11 is 0. The monoisotopic (exact) mass is 266 g/mol. The zero-order valence-corrected chi connectivity index (χ0v) is 10.00. The topological polar surface area (TPSA) is 108 Å². The maximum atomic E-state index is 11.8. The molecule has 4 N–H and O–H groups in total. The van der Waals surface area contributed by atoms with Crippen molar-refractivity contribution in [1.82, 2.24) is 5.32 Å². The highest BCUT2D eigenvalue weighted by atomic mass is 16.5. The van der Waals surface area contributed by atoms with E-state index in [9.17, 15) is 9.59 Å². The molecule has 0 saturated heterocycles. The third kappa shape index (κ3) is 3.14. The second-order valence-electron chi connectivity index (χ2n) is 4.08. The van der Waals surface area contributed by atoms with E-state index in [2.05, 4.69) is 10.6 Å². The lowest BCUT2D eigenvalue weighted by Gasteiger charge is -2.26. The van der Waals surface area contributed by atoms with Crippen molar-refractivity contribution in [1.29, 1.82) is 0 Å². The fourth-order valence-electron chi connectivity index (χ4n) is 1.66. The van der Waals surface area contributed by atoms with Gasteiger partial charge in [-0.2, -0.15) is 0 Å². The van der Waals surface area contributed by atoms with Crippen LogP contribution in [0.3, 0.4) is 0 Å². The lowest BCUT2D eigenvalue weighted by Crippen LogP contribution is -2.47. The van der Waals surface area contributed by atoms with Gasteiger partial charge in [0, 0.05) is 0 Å². The quantitative estimate of drug-likeness (QED) is 0.581. The maximum absolute atomic E-state index is 11.8. The van der Waals surface area contributed by atoms with Crippen molar-refractivity contribution in [2.45, 2.75) is 12.2 Å². The number of benzene rings is 1. The van der Waals surface area contributed by atoms with Crippen molar-refractivity contribution >= 4 is 17.6 Å². The first-order valence-corrected chi connectivity index (χ1v) is 5.76. The summed E-state index contributed by atoms with van der Waals surface area (Å²) < 4.78 is 5.48. The van der Waals surface area contributed by atoms with Gasteiger partial charge in [-0.1, -0.05) is 12.1 Å². The minimum atomic E-state index is -1.62. The molecule has 102 valence electrons. The average molecular weight is 266 g/mol. The molecule has 1 aliphatic rings. The molecule has 0 spiro atoms. The number of anilines is 1. The molecule has 1 aromatic carbocycles. The summed E-state index contributed by atoms with van der Waals surface area (Å²) in [4.78, 5) is 22.2. The zero-order valence-electron chi connectivity index (χ0n) is 10.00. The van der Waals surface area contributed by atoms with Crippen LogP contribution in [0.4, 0.5) is 5.69 Å². The molecule has 1 heterocycles. The number of amides is 1. The van der Waals surface area contributed by atoms with E-state index in [1.54, 1.807) is 12.1 Å². The van der Waals surface area contributed by atoms with E-state index in [4.69, 9.17) is 14.9 Å². The van der Waals surface area contributed by atoms with E-state index in [0.717, 1.165) is 5.69 Å². The Morgan fingerprint density at radius 2 is 2.21 bits per heavy atom. The maximum Gasteiger partial charge on any atom is 0.334 e. The van der Waals surface area contributed by atoms with E-state index < -0.39 is 24.1 Å². The normalized spacial score (nSPS) is 18.5. The molecule has 7 nitrogen and oxygen atoms in total. The number of carbonyl (C=O) groups excluding carboxylic acids is 1. The summed E-state index contributed by atoms with van der Waals surface area (Å²) in [5.74, 6) is -1.29. The third-order valence-corrected chi connectivity index (χ3v) is 2.68. The smallest absolute Gasteiger partial charge is 0.334 e. The number of carbonyl (C=O) groups is 2. The van der Waals surface area contributed by atoms with E-state index >= 15 is 0 Å². The second-order valence-corrected chi connectivity index (χ2v) is 4.08. The number of hydrogen-bond acceptors (Lipinski definition) is 5. The number of ether oxygens (including phenoxy) is 1. The molecular formula is C12H14N2O5. The van der Waals surface area contributed by atoms with Crippen molar-refractivity contribution < 1.29 is 24.5 Å². The molecule has 0 radical (unpaired) electrons. The number of carboxylic acids is 1. The lowest BCUT2D eigenvalue weighted by atomic mass is 10.2. The molecule has 0 aliphatic carbocycles. The van der Waals surface area contributed by atoms with Gasteiger partial charge in [-0.3, -0.25) is 4.79 Å². The summed E-state index contributed by atoms with van der Waals surface area (Å²) in [5.41, 5.74) is 0.803. The number of aliphatic hydroxyl groups excluding tert-OH is 1. The van der Waals surface area contributed by atoms with Crippen LogP contribution >= 0.6 is 0 Å². The van der Waals surface area contributed by atoms with Crippen molar-refractivity contribution in [3.63, 3.8) is 0 Å². The summed E-state index contributed by atoms with van der Waals surface area (Å²) in [5, 5.41) is 22.9. The highest BCUT2D eigenvalue weighted by molar-refractivity contribution is 5.83. The van der Waals surface area contributed by atoms with Gasteiger partial charge in [0.05, 0.1) is 18.8 Å². The summed E-state index contributed by atoms with van der Waals surface area (Å²) in [6, 6.07) is 7.19. The van der Waals surface area contributed by atoms with Crippen molar-refractivity contribution in [2.75, 3.05) is 18.4 Å². The van der Waals surface area contributed by atoms with Gasteiger partial charge >= 0.3 is 5.97 Å². The van der Waals surface area contributed by atoms with Crippen molar-refractivity contribution in [2.24, 2.45) is 0 Å². The lowest BCUT2D eigenvalue weighted by molar-refractivity contribution is -0.146. The number of fused-ring (bicyclic) bond motifs is 1. The van der Waals surface area contributed by atoms with E-state index in [1.165, 1.54) is 0 Å². The highest BCUT2D eigenvalue weighted by Crippen LogP contribution is 2.28. The zero-order chi connectivity index (χ0) is 13.8. The van der Waals surface area contributed by atoms with Gasteiger partial charge in [-0.15, -0.1) is 0 Å². The van der Waals surface area contributed by atoms with Gasteiger partial charge in [-0.25, -0.2) is 4.79 Å².